The van der Waals surface area contributed by atoms with Gasteiger partial charge in [-0.15, -0.1) is 0 Å². The van der Waals surface area contributed by atoms with E-state index in [1.165, 1.54) is 0 Å². The number of furan rings is 1. The van der Waals surface area contributed by atoms with Crippen LogP contribution in [0.15, 0.2) is 52.2 Å². The highest BCUT2D eigenvalue weighted by Gasteiger charge is 2.07. The van der Waals surface area contributed by atoms with E-state index in [-0.39, 0.29) is 18.2 Å². The van der Waals surface area contributed by atoms with E-state index in [0.29, 0.717) is 28.6 Å². The topological polar surface area (TPSA) is 83.7 Å². The number of nitrogens with zero attached hydrogens (tertiary/aromatic N) is 1. The molecule has 0 aliphatic carbocycles. The maximum absolute atomic E-state index is 11.9. The third-order valence-electron chi connectivity index (χ3n) is 2.91. The molecule has 0 saturated carbocycles. The number of rotatable bonds is 6. The van der Waals surface area contributed by atoms with Crippen LogP contribution in [0.4, 0.5) is 0 Å². The van der Waals surface area contributed by atoms with Crippen LogP contribution in [0.3, 0.4) is 0 Å². The first-order chi connectivity index (χ1) is 11.0. The zero-order chi connectivity index (χ0) is 16.7. The number of amides is 2. The normalized spacial score (nSPS) is 11.1. The summed E-state index contributed by atoms with van der Waals surface area (Å²) in [7, 11) is 0. The van der Waals surface area contributed by atoms with E-state index in [9.17, 15) is 9.59 Å². The van der Waals surface area contributed by atoms with E-state index in [1.807, 2.05) is 0 Å². The lowest BCUT2D eigenvalue weighted by Crippen LogP contribution is -2.26. The van der Waals surface area contributed by atoms with Crippen LogP contribution < -0.4 is 10.7 Å². The fraction of sp³-hybridized carbons (Fsp3) is 0.188. The molecule has 7 heteroatoms. The van der Waals surface area contributed by atoms with Crippen LogP contribution in [-0.4, -0.2) is 17.5 Å². The van der Waals surface area contributed by atoms with Crippen LogP contribution in [0, 0.1) is 0 Å². The second-order valence-electron chi connectivity index (χ2n) is 4.83. The van der Waals surface area contributed by atoms with Crippen LogP contribution in [0.5, 0.6) is 0 Å². The Morgan fingerprint density at radius 3 is 2.61 bits per heavy atom. The molecule has 0 bridgehead atoms. The molecule has 0 unspecified atom stereocenters. The van der Waals surface area contributed by atoms with Crippen molar-refractivity contribution in [3.8, 4) is 0 Å². The van der Waals surface area contributed by atoms with Crippen LogP contribution in [0.1, 0.15) is 29.5 Å². The molecule has 0 aliphatic rings. The summed E-state index contributed by atoms with van der Waals surface area (Å²) in [6, 6.07) is 9.95. The highest BCUT2D eigenvalue weighted by atomic mass is 35.5. The van der Waals surface area contributed by atoms with Gasteiger partial charge in [0.05, 0.1) is 19.2 Å². The molecule has 2 amide bonds. The van der Waals surface area contributed by atoms with Gasteiger partial charge in [-0.05, 0) is 43.3 Å². The second-order valence-corrected chi connectivity index (χ2v) is 5.26. The molecule has 0 spiro atoms. The Morgan fingerprint density at radius 2 is 1.96 bits per heavy atom. The molecule has 0 aliphatic heterocycles. The smallest absolute Gasteiger partial charge is 0.271 e. The Kier molecular flexibility index (Phi) is 5.94. The highest BCUT2D eigenvalue weighted by Crippen LogP contribution is 2.09. The summed E-state index contributed by atoms with van der Waals surface area (Å²) < 4.78 is 5.11. The van der Waals surface area contributed by atoms with E-state index >= 15 is 0 Å². The monoisotopic (exact) mass is 333 g/mol. The lowest BCUT2D eigenvalue weighted by atomic mass is 10.2. The molecule has 0 radical (unpaired) electrons. The first-order valence-electron chi connectivity index (χ1n) is 6.93. The maximum atomic E-state index is 11.9. The molecule has 2 N–H and O–H groups in total. The summed E-state index contributed by atoms with van der Waals surface area (Å²) in [5.74, 6) is 0.101. The largest absolute Gasteiger partial charge is 0.467 e. The van der Waals surface area contributed by atoms with Gasteiger partial charge in [0.1, 0.15) is 5.76 Å². The average Bonchev–Trinajstić information content (AvgIpc) is 3.05. The fourth-order valence-electron chi connectivity index (χ4n) is 1.75. The first kappa shape index (κ1) is 16.8. The number of hydrazone groups is 1. The molecule has 120 valence electrons. The van der Waals surface area contributed by atoms with Gasteiger partial charge in [-0.2, -0.15) is 5.10 Å². The van der Waals surface area contributed by atoms with Crippen LogP contribution in [-0.2, 0) is 11.3 Å². The minimum absolute atomic E-state index is 0.0849. The van der Waals surface area contributed by atoms with Crippen molar-refractivity contribution in [1.29, 1.82) is 0 Å². The van der Waals surface area contributed by atoms with Crippen molar-refractivity contribution in [2.75, 3.05) is 0 Å². The van der Waals surface area contributed by atoms with Gasteiger partial charge in [0.25, 0.3) is 5.91 Å². The molecule has 1 aromatic carbocycles. The standard InChI is InChI=1S/C16H16ClN3O3/c1-11(9-15(21)18-10-14-3-2-8-23-14)19-20-16(22)12-4-6-13(17)7-5-12/h2-8H,9-10H2,1H3,(H,18,21)(H,20,22)/b19-11-. The van der Waals surface area contributed by atoms with Gasteiger partial charge >= 0.3 is 0 Å². The van der Waals surface area contributed by atoms with Crippen molar-refractivity contribution in [2.24, 2.45) is 5.10 Å². The summed E-state index contributed by atoms with van der Waals surface area (Å²) in [5.41, 5.74) is 3.33. The van der Waals surface area contributed by atoms with Gasteiger partial charge in [0.15, 0.2) is 0 Å². The minimum atomic E-state index is -0.364. The summed E-state index contributed by atoms with van der Waals surface area (Å²) in [4.78, 5) is 23.6. The Morgan fingerprint density at radius 1 is 1.22 bits per heavy atom. The number of halogens is 1. The second kappa shape index (κ2) is 8.14. The zero-order valence-electron chi connectivity index (χ0n) is 12.5. The summed E-state index contributed by atoms with van der Waals surface area (Å²) in [6.07, 6.45) is 1.63. The number of carbonyl (C=O) groups is 2. The molecule has 2 rings (SSSR count). The highest BCUT2D eigenvalue weighted by molar-refractivity contribution is 6.30. The van der Waals surface area contributed by atoms with Crippen molar-refractivity contribution >= 4 is 29.1 Å². The zero-order valence-corrected chi connectivity index (χ0v) is 13.3. The Hall–Kier alpha value is -2.60. The third-order valence-corrected chi connectivity index (χ3v) is 3.16. The summed E-state index contributed by atoms with van der Waals surface area (Å²) >= 11 is 5.76. The van der Waals surface area contributed by atoms with E-state index in [1.54, 1.807) is 49.6 Å². The predicted octanol–water partition coefficient (Wildman–Crippen LogP) is 2.75. The quantitative estimate of drug-likeness (QED) is 0.629. The van der Waals surface area contributed by atoms with Gasteiger partial charge in [-0.3, -0.25) is 9.59 Å². The predicted molar refractivity (Wildman–Crippen MR) is 87.2 cm³/mol. The van der Waals surface area contributed by atoms with Crippen LogP contribution in [0.25, 0.3) is 0 Å². The number of carbonyl (C=O) groups excluding carboxylic acids is 2. The van der Waals surface area contributed by atoms with Gasteiger partial charge in [0, 0.05) is 16.3 Å². The minimum Gasteiger partial charge on any atom is -0.467 e. The first-order valence-corrected chi connectivity index (χ1v) is 7.30. The van der Waals surface area contributed by atoms with Gasteiger partial charge in [-0.1, -0.05) is 11.6 Å². The van der Waals surface area contributed by atoms with Gasteiger partial charge in [0.2, 0.25) is 5.91 Å². The van der Waals surface area contributed by atoms with E-state index in [0.717, 1.165) is 0 Å². The van der Waals surface area contributed by atoms with Crippen molar-refractivity contribution in [1.82, 2.24) is 10.7 Å². The molecule has 23 heavy (non-hydrogen) atoms. The Labute approximate surface area is 138 Å². The lowest BCUT2D eigenvalue weighted by molar-refractivity contribution is -0.120. The van der Waals surface area contributed by atoms with Crippen molar-refractivity contribution in [3.05, 3.63) is 59.0 Å². The van der Waals surface area contributed by atoms with E-state index in [2.05, 4.69) is 15.8 Å². The lowest BCUT2D eigenvalue weighted by Gasteiger charge is -2.04. The van der Waals surface area contributed by atoms with Gasteiger partial charge in [-0.25, -0.2) is 5.43 Å². The number of hydrogen-bond acceptors (Lipinski definition) is 4. The van der Waals surface area contributed by atoms with Gasteiger partial charge < -0.3 is 9.73 Å². The molecular weight excluding hydrogens is 318 g/mol. The van der Waals surface area contributed by atoms with Crippen LogP contribution in [0.2, 0.25) is 5.02 Å². The molecule has 1 aromatic heterocycles. The Balaban J connectivity index is 1.79. The Bertz CT molecular complexity index is 694. The molecule has 0 atom stereocenters. The third kappa shape index (κ3) is 5.60. The maximum Gasteiger partial charge on any atom is 0.271 e. The molecule has 6 nitrogen and oxygen atoms in total. The van der Waals surface area contributed by atoms with Crippen molar-refractivity contribution < 1.29 is 14.0 Å². The number of benzene rings is 1. The van der Waals surface area contributed by atoms with Crippen molar-refractivity contribution in [2.45, 2.75) is 19.9 Å². The van der Waals surface area contributed by atoms with E-state index in [4.69, 9.17) is 16.0 Å². The van der Waals surface area contributed by atoms with Crippen molar-refractivity contribution in [3.63, 3.8) is 0 Å². The molecule has 2 aromatic rings. The number of hydrogen-bond donors (Lipinski definition) is 2. The molecular formula is C16H16ClN3O3. The average molecular weight is 334 g/mol. The molecule has 0 fully saturated rings. The number of nitrogens with one attached hydrogen (secondary N) is 2. The summed E-state index contributed by atoms with van der Waals surface area (Å²) in [6.45, 7) is 1.98. The van der Waals surface area contributed by atoms with Crippen LogP contribution >= 0.6 is 11.6 Å². The molecule has 0 saturated heterocycles. The fourth-order valence-corrected chi connectivity index (χ4v) is 1.87. The van der Waals surface area contributed by atoms with E-state index < -0.39 is 0 Å². The SMILES string of the molecule is C/C(CC(=O)NCc1ccco1)=N/NC(=O)c1ccc(Cl)cc1. The summed E-state index contributed by atoms with van der Waals surface area (Å²) in [5, 5.41) is 7.16. The molecule has 1 heterocycles.